The summed E-state index contributed by atoms with van der Waals surface area (Å²) in [5, 5.41) is 2.62. The van der Waals surface area contributed by atoms with E-state index in [1.54, 1.807) is 24.4 Å². The number of pyridine rings is 2. The molecule has 0 radical (unpaired) electrons. The number of carbonyl (C=O) groups excluding carboxylic acids is 2. The number of hydrogen-bond acceptors (Lipinski definition) is 5. The van der Waals surface area contributed by atoms with E-state index in [9.17, 15) is 9.59 Å². The molecule has 0 bridgehead atoms. The Labute approximate surface area is 126 Å². The van der Waals surface area contributed by atoms with E-state index in [1.807, 2.05) is 0 Å². The Kier molecular flexibility index (Phi) is 4.84. The van der Waals surface area contributed by atoms with Crippen LogP contribution in [0.5, 0.6) is 0 Å². The monoisotopic (exact) mass is 305 g/mol. The average molecular weight is 306 g/mol. The van der Waals surface area contributed by atoms with E-state index in [4.69, 9.17) is 16.3 Å². The highest BCUT2D eigenvalue weighted by Gasteiger charge is 2.20. The quantitative estimate of drug-likeness (QED) is 0.692. The predicted octanol–water partition coefficient (Wildman–Crippen LogP) is 2.31. The summed E-state index contributed by atoms with van der Waals surface area (Å²) in [5.41, 5.74) is 0.630. The van der Waals surface area contributed by atoms with Crippen LogP contribution >= 0.6 is 11.6 Å². The molecule has 1 amide bonds. The molecule has 1 unspecified atom stereocenters. The fraction of sp³-hybridized carbons (Fsp3) is 0.143. The summed E-state index contributed by atoms with van der Waals surface area (Å²) in [6.07, 6.45) is 3.56. The molecule has 0 aliphatic carbocycles. The summed E-state index contributed by atoms with van der Waals surface area (Å²) in [6.45, 7) is 1.47. The van der Waals surface area contributed by atoms with Crippen molar-refractivity contribution in [2.45, 2.75) is 13.0 Å². The molecule has 0 saturated carbocycles. The summed E-state index contributed by atoms with van der Waals surface area (Å²) in [5.74, 6) is -1.17. The number of nitrogens with one attached hydrogen (secondary N) is 1. The lowest BCUT2D eigenvalue weighted by Crippen LogP contribution is -2.30. The number of halogens is 1. The van der Waals surface area contributed by atoms with Crippen molar-refractivity contribution >= 4 is 29.2 Å². The van der Waals surface area contributed by atoms with Gasteiger partial charge >= 0.3 is 5.97 Å². The minimum absolute atomic E-state index is 0.0300. The maximum absolute atomic E-state index is 11.9. The second kappa shape index (κ2) is 6.81. The molecule has 0 spiro atoms. The van der Waals surface area contributed by atoms with Crippen LogP contribution in [0.15, 0.2) is 42.9 Å². The molecule has 7 heteroatoms. The van der Waals surface area contributed by atoms with Crippen LogP contribution < -0.4 is 5.32 Å². The first-order chi connectivity index (χ1) is 10.1. The molecule has 0 saturated heterocycles. The van der Waals surface area contributed by atoms with Crippen LogP contribution in [0.4, 0.5) is 5.69 Å². The molecule has 2 aromatic rings. The molecule has 0 aliphatic rings. The Balaban J connectivity index is 1.98. The van der Waals surface area contributed by atoms with E-state index >= 15 is 0 Å². The number of rotatable bonds is 4. The molecule has 6 nitrogen and oxygen atoms in total. The zero-order chi connectivity index (χ0) is 15.2. The Morgan fingerprint density at radius 1 is 1.29 bits per heavy atom. The third-order valence-electron chi connectivity index (χ3n) is 2.56. The highest BCUT2D eigenvalue weighted by Crippen LogP contribution is 2.14. The van der Waals surface area contributed by atoms with Gasteiger partial charge in [0.15, 0.2) is 6.10 Å². The number of esters is 1. The highest BCUT2D eigenvalue weighted by atomic mass is 35.5. The second-order valence-electron chi connectivity index (χ2n) is 4.12. The highest BCUT2D eigenvalue weighted by molar-refractivity contribution is 6.32. The van der Waals surface area contributed by atoms with Gasteiger partial charge in [-0.2, -0.15) is 0 Å². The topological polar surface area (TPSA) is 81.2 Å². The molecule has 2 heterocycles. The molecule has 21 heavy (non-hydrogen) atoms. The lowest BCUT2D eigenvalue weighted by molar-refractivity contribution is -0.123. The van der Waals surface area contributed by atoms with Gasteiger partial charge in [0.25, 0.3) is 5.91 Å². The summed E-state index contributed by atoms with van der Waals surface area (Å²) >= 11 is 5.79. The number of nitrogens with zero attached hydrogens (tertiary/aromatic N) is 2. The summed E-state index contributed by atoms with van der Waals surface area (Å²) in [4.78, 5) is 31.4. The second-order valence-corrected chi connectivity index (χ2v) is 4.48. The van der Waals surface area contributed by atoms with E-state index < -0.39 is 18.0 Å². The smallest absolute Gasteiger partial charge is 0.342 e. The van der Waals surface area contributed by atoms with Crippen molar-refractivity contribution in [3.63, 3.8) is 0 Å². The van der Waals surface area contributed by atoms with Crippen LogP contribution in [-0.4, -0.2) is 27.9 Å². The van der Waals surface area contributed by atoms with Crippen molar-refractivity contribution < 1.29 is 14.3 Å². The lowest BCUT2D eigenvalue weighted by atomic mass is 10.3. The van der Waals surface area contributed by atoms with Gasteiger partial charge in [0.2, 0.25) is 0 Å². The van der Waals surface area contributed by atoms with Crippen molar-refractivity contribution in [1.29, 1.82) is 0 Å². The number of hydrogen-bond donors (Lipinski definition) is 1. The predicted molar refractivity (Wildman–Crippen MR) is 77.0 cm³/mol. The van der Waals surface area contributed by atoms with Crippen LogP contribution in [0.3, 0.4) is 0 Å². The molecule has 1 N–H and O–H groups in total. The van der Waals surface area contributed by atoms with Crippen LogP contribution in [0, 0.1) is 0 Å². The first kappa shape index (κ1) is 14.9. The third-order valence-corrected chi connectivity index (χ3v) is 2.86. The number of ether oxygens (including phenoxy) is 1. The molecule has 2 rings (SSSR count). The Bertz CT molecular complexity index is 649. The fourth-order valence-electron chi connectivity index (χ4n) is 1.50. The van der Waals surface area contributed by atoms with Crippen molar-refractivity contribution in [2.24, 2.45) is 0 Å². The molecule has 2 aromatic heterocycles. The van der Waals surface area contributed by atoms with Gasteiger partial charge in [0.1, 0.15) is 5.15 Å². The first-order valence-electron chi connectivity index (χ1n) is 6.10. The summed E-state index contributed by atoms with van der Waals surface area (Å²) < 4.78 is 5.06. The number of aromatic nitrogens is 2. The van der Waals surface area contributed by atoms with Gasteiger partial charge in [-0.15, -0.1) is 0 Å². The van der Waals surface area contributed by atoms with Gasteiger partial charge in [0, 0.05) is 12.4 Å². The maximum atomic E-state index is 11.9. The molecular weight excluding hydrogens is 294 g/mol. The summed E-state index contributed by atoms with van der Waals surface area (Å²) in [7, 11) is 0. The van der Waals surface area contributed by atoms with Gasteiger partial charge in [-0.05, 0) is 31.2 Å². The van der Waals surface area contributed by atoms with Crippen LogP contribution in [0.2, 0.25) is 5.15 Å². The van der Waals surface area contributed by atoms with Crippen molar-refractivity contribution in [3.05, 3.63) is 53.6 Å². The molecule has 108 valence electrons. The normalized spacial score (nSPS) is 11.5. The minimum Gasteiger partial charge on any atom is -0.449 e. The fourth-order valence-corrected chi connectivity index (χ4v) is 1.69. The lowest BCUT2D eigenvalue weighted by Gasteiger charge is -2.13. The summed E-state index contributed by atoms with van der Waals surface area (Å²) in [6, 6.07) is 6.39. The SMILES string of the molecule is CC(OC(=O)c1cccnc1Cl)C(=O)Nc1cccnc1. The number of anilines is 1. The van der Waals surface area contributed by atoms with Gasteiger partial charge in [0.05, 0.1) is 17.4 Å². The van der Waals surface area contributed by atoms with Gasteiger partial charge in [-0.3, -0.25) is 9.78 Å². The van der Waals surface area contributed by atoms with Gasteiger partial charge in [-0.25, -0.2) is 9.78 Å². The minimum atomic E-state index is -0.978. The van der Waals surface area contributed by atoms with E-state index in [0.29, 0.717) is 5.69 Å². The van der Waals surface area contributed by atoms with Crippen molar-refractivity contribution in [1.82, 2.24) is 9.97 Å². The third kappa shape index (κ3) is 4.00. The van der Waals surface area contributed by atoms with E-state index in [0.717, 1.165) is 0 Å². The zero-order valence-electron chi connectivity index (χ0n) is 11.1. The van der Waals surface area contributed by atoms with E-state index in [-0.39, 0.29) is 10.7 Å². The first-order valence-corrected chi connectivity index (χ1v) is 6.48. The van der Waals surface area contributed by atoms with E-state index in [2.05, 4.69) is 15.3 Å². The van der Waals surface area contributed by atoms with E-state index in [1.165, 1.54) is 25.4 Å². The van der Waals surface area contributed by atoms with Crippen molar-refractivity contribution in [2.75, 3.05) is 5.32 Å². The van der Waals surface area contributed by atoms with Crippen LogP contribution in [0.1, 0.15) is 17.3 Å². The largest absolute Gasteiger partial charge is 0.449 e. The zero-order valence-corrected chi connectivity index (χ0v) is 11.9. The van der Waals surface area contributed by atoms with Gasteiger partial charge < -0.3 is 10.1 Å². The number of amides is 1. The average Bonchev–Trinajstić information content (AvgIpc) is 2.48. The number of carbonyl (C=O) groups is 2. The van der Waals surface area contributed by atoms with Crippen molar-refractivity contribution in [3.8, 4) is 0 Å². The Hall–Kier alpha value is -2.47. The maximum Gasteiger partial charge on any atom is 0.342 e. The molecule has 0 aromatic carbocycles. The Morgan fingerprint density at radius 3 is 2.71 bits per heavy atom. The van der Waals surface area contributed by atoms with Crippen LogP contribution in [0.25, 0.3) is 0 Å². The molecule has 1 atom stereocenters. The Morgan fingerprint density at radius 2 is 2.05 bits per heavy atom. The van der Waals surface area contributed by atoms with Crippen LogP contribution in [-0.2, 0) is 9.53 Å². The molecule has 0 aliphatic heterocycles. The molecule has 0 fully saturated rings. The van der Waals surface area contributed by atoms with Gasteiger partial charge in [-0.1, -0.05) is 11.6 Å². The molecular formula is C14H12ClN3O3. The standard InChI is InChI=1S/C14H12ClN3O3/c1-9(13(19)18-10-4-2-6-16-8-10)21-14(20)11-5-3-7-17-12(11)15/h2-9H,1H3,(H,18,19).